The molecule has 0 N–H and O–H groups in total. The van der Waals surface area contributed by atoms with Gasteiger partial charge in [-0.05, 0) is 0 Å². The molecule has 0 unspecified atom stereocenters. The van der Waals surface area contributed by atoms with Crippen LogP contribution in [0.3, 0.4) is 0 Å². The molecule has 36 valence electrons. The summed E-state index contributed by atoms with van der Waals surface area (Å²) in [5, 5.41) is 0. The maximum atomic E-state index is 10.2. The van der Waals surface area contributed by atoms with Crippen LogP contribution in [0.25, 0.3) is 0 Å². The number of hydrogen-bond acceptors (Lipinski definition) is 1. The molecule has 0 fully saturated rings. The van der Waals surface area contributed by atoms with Gasteiger partial charge in [-0.1, -0.05) is 0 Å². The minimum absolute atomic E-state index is 0.371. The minimum atomic E-state index is -1.41. The van der Waals surface area contributed by atoms with Crippen molar-refractivity contribution in [3.8, 4) is 0 Å². The van der Waals surface area contributed by atoms with Crippen LogP contribution in [0, 0.1) is 0 Å². The molecule has 1 aliphatic rings. The molecular weight excluding hydrogens is 195 g/mol. The third-order valence-electron chi connectivity index (χ3n) is 0.935. The van der Waals surface area contributed by atoms with Crippen LogP contribution >= 0.6 is 0 Å². The fraction of sp³-hybridized carbons (Fsp3) is 0.200. The molecule has 7 heavy (non-hydrogen) atoms. The average molecular weight is 201 g/mol. The summed E-state index contributed by atoms with van der Waals surface area (Å²) in [4.78, 5) is 0. The van der Waals surface area contributed by atoms with Gasteiger partial charge in [-0.25, -0.2) is 0 Å². The van der Waals surface area contributed by atoms with Crippen molar-refractivity contribution in [3.05, 3.63) is 24.3 Å². The SMILES string of the molecule is [O]=[SnH][CH]1C=CC=C1. The fourth-order valence-electron chi connectivity index (χ4n) is 0.540. The van der Waals surface area contributed by atoms with Crippen molar-refractivity contribution in [1.29, 1.82) is 0 Å². The Balaban J connectivity index is 2.59. The first-order valence-corrected chi connectivity index (χ1v) is 5.48. The Morgan fingerprint density at radius 1 is 1.29 bits per heavy atom. The topological polar surface area (TPSA) is 17.1 Å². The van der Waals surface area contributed by atoms with Gasteiger partial charge in [0, 0.05) is 0 Å². The second-order valence-electron chi connectivity index (χ2n) is 1.48. The van der Waals surface area contributed by atoms with E-state index in [0.29, 0.717) is 3.93 Å². The zero-order valence-electron chi connectivity index (χ0n) is 3.87. The molecule has 0 radical (unpaired) electrons. The molecule has 0 aliphatic heterocycles. The predicted molar refractivity (Wildman–Crippen MR) is 29.9 cm³/mol. The van der Waals surface area contributed by atoms with E-state index in [0.717, 1.165) is 0 Å². The van der Waals surface area contributed by atoms with Crippen LogP contribution in [0.1, 0.15) is 0 Å². The summed E-state index contributed by atoms with van der Waals surface area (Å²) < 4.78 is 10.6. The third-order valence-corrected chi connectivity index (χ3v) is 3.10. The molecule has 0 amide bonds. The zero-order chi connectivity index (χ0) is 5.11. The van der Waals surface area contributed by atoms with Crippen LogP contribution in [0.15, 0.2) is 24.3 Å². The van der Waals surface area contributed by atoms with E-state index in [1.165, 1.54) is 0 Å². The Kier molecular flexibility index (Phi) is 1.79. The number of rotatable bonds is 1. The fourth-order valence-corrected chi connectivity index (χ4v) is 1.79. The number of allylic oxidation sites excluding steroid dienone is 4. The first kappa shape index (κ1) is 5.22. The van der Waals surface area contributed by atoms with E-state index in [1.54, 1.807) is 0 Å². The Bertz CT molecular complexity index is 114. The predicted octanol–water partition coefficient (Wildman–Crippen LogP) is 0.683. The van der Waals surface area contributed by atoms with Crippen LogP contribution in [-0.4, -0.2) is 21.1 Å². The Morgan fingerprint density at radius 2 is 1.86 bits per heavy atom. The Morgan fingerprint density at radius 3 is 2.14 bits per heavy atom. The van der Waals surface area contributed by atoms with Crippen molar-refractivity contribution < 1.29 is 3.08 Å². The summed E-state index contributed by atoms with van der Waals surface area (Å²) >= 11 is -1.41. The quantitative estimate of drug-likeness (QED) is 0.570. The molecule has 0 saturated heterocycles. The van der Waals surface area contributed by atoms with Crippen molar-refractivity contribution in [2.45, 2.75) is 3.93 Å². The monoisotopic (exact) mass is 202 g/mol. The summed E-state index contributed by atoms with van der Waals surface area (Å²) in [5.41, 5.74) is 0. The zero-order valence-corrected chi connectivity index (χ0v) is 7.17. The van der Waals surface area contributed by atoms with Crippen LogP contribution in [-0.2, 0) is 3.08 Å². The van der Waals surface area contributed by atoms with Crippen molar-refractivity contribution in [1.82, 2.24) is 0 Å². The van der Waals surface area contributed by atoms with E-state index >= 15 is 0 Å². The maximum absolute atomic E-state index is 10.2. The third kappa shape index (κ3) is 1.23. The van der Waals surface area contributed by atoms with Gasteiger partial charge >= 0.3 is 52.4 Å². The van der Waals surface area contributed by atoms with Gasteiger partial charge in [0.05, 0.1) is 0 Å². The van der Waals surface area contributed by atoms with Gasteiger partial charge in [0.15, 0.2) is 0 Å². The first-order valence-electron chi connectivity index (χ1n) is 2.24. The van der Waals surface area contributed by atoms with Gasteiger partial charge in [0.1, 0.15) is 0 Å². The average Bonchev–Trinajstić information content (AvgIpc) is 2.14. The molecule has 0 spiro atoms. The van der Waals surface area contributed by atoms with Crippen molar-refractivity contribution in [2.75, 3.05) is 0 Å². The molecule has 1 rings (SSSR count). The Labute approximate surface area is 52.7 Å². The Hall–Kier alpha value is 0.0787. The van der Waals surface area contributed by atoms with Gasteiger partial charge in [0.2, 0.25) is 0 Å². The summed E-state index contributed by atoms with van der Waals surface area (Å²) in [6.45, 7) is 0. The molecule has 0 atom stereocenters. The first-order chi connectivity index (χ1) is 3.43. The van der Waals surface area contributed by atoms with Crippen molar-refractivity contribution in [2.24, 2.45) is 0 Å². The summed E-state index contributed by atoms with van der Waals surface area (Å²) in [5.74, 6) is 0. The molecular formula is C5H6OSn. The van der Waals surface area contributed by atoms with E-state index < -0.39 is 21.1 Å². The van der Waals surface area contributed by atoms with Crippen molar-refractivity contribution >= 4 is 21.1 Å². The molecule has 0 aromatic heterocycles. The van der Waals surface area contributed by atoms with Gasteiger partial charge in [-0.15, -0.1) is 0 Å². The van der Waals surface area contributed by atoms with E-state index in [2.05, 4.69) is 0 Å². The van der Waals surface area contributed by atoms with Gasteiger partial charge in [-0.3, -0.25) is 0 Å². The molecule has 0 saturated carbocycles. The molecule has 1 nitrogen and oxygen atoms in total. The molecule has 0 aromatic carbocycles. The second kappa shape index (κ2) is 2.40. The van der Waals surface area contributed by atoms with E-state index in [4.69, 9.17) is 0 Å². The molecule has 0 aromatic rings. The van der Waals surface area contributed by atoms with E-state index in [9.17, 15) is 3.08 Å². The standard InChI is InChI=1S/C5H5.O.Sn.H/c1-2-4-5-3-1;;;/h1-5H;;;. The van der Waals surface area contributed by atoms with E-state index in [1.807, 2.05) is 24.3 Å². The summed E-state index contributed by atoms with van der Waals surface area (Å²) in [6, 6.07) is 0. The normalized spacial score (nSPS) is 18.3. The van der Waals surface area contributed by atoms with Crippen LogP contribution in [0.4, 0.5) is 0 Å². The van der Waals surface area contributed by atoms with Crippen molar-refractivity contribution in [3.63, 3.8) is 0 Å². The van der Waals surface area contributed by atoms with E-state index in [-0.39, 0.29) is 0 Å². The summed E-state index contributed by atoms with van der Waals surface area (Å²) in [7, 11) is 0. The molecule has 1 aliphatic carbocycles. The number of hydrogen-bond donors (Lipinski definition) is 0. The molecule has 0 heterocycles. The van der Waals surface area contributed by atoms with Gasteiger partial charge < -0.3 is 0 Å². The van der Waals surface area contributed by atoms with Gasteiger partial charge in [0.25, 0.3) is 0 Å². The van der Waals surface area contributed by atoms with Crippen LogP contribution < -0.4 is 0 Å². The van der Waals surface area contributed by atoms with Gasteiger partial charge in [-0.2, -0.15) is 0 Å². The molecule has 2 heteroatoms. The molecule has 0 bridgehead atoms. The van der Waals surface area contributed by atoms with Crippen LogP contribution in [0.5, 0.6) is 0 Å². The van der Waals surface area contributed by atoms with Crippen LogP contribution in [0.2, 0.25) is 3.93 Å². The summed E-state index contributed by atoms with van der Waals surface area (Å²) in [6.07, 6.45) is 7.89. The second-order valence-corrected chi connectivity index (χ2v) is 4.46.